The molecule has 0 fully saturated rings. The molecule has 5 heteroatoms. The molecule has 0 aliphatic heterocycles. The third kappa shape index (κ3) is 4.26. The van der Waals surface area contributed by atoms with E-state index in [1.165, 1.54) is 6.20 Å². The largest absolute Gasteiger partial charge is 0.345 e. The number of amides is 1. The van der Waals surface area contributed by atoms with E-state index in [1.807, 2.05) is 12.1 Å². The second kappa shape index (κ2) is 7.18. The van der Waals surface area contributed by atoms with Crippen LogP contribution < -0.4 is 5.32 Å². The Morgan fingerprint density at radius 1 is 1.24 bits per heavy atom. The molecule has 0 bridgehead atoms. The molecule has 1 N–H and O–H groups in total. The Morgan fingerprint density at radius 3 is 2.62 bits per heavy atom. The van der Waals surface area contributed by atoms with Gasteiger partial charge in [-0.1, -0.05) is 31.5 Å². The minimum absolute atomic E-state index is 0.0876. The van der Waals surface area contributed by atoms with E-state index in [0.29, 0.717) is 16.5 Å². The van der Waals surface area contributed by atoms with Crippen LogP contribution in [0.4, 0.5) is 0 Å². The smallest absolute Gasteiger partial charge is 0.253 e. The molecule has 0 spiro atoms. The van der Waals surface area contributed by atoms with Gasteiger partial charge in [0.25, 0.3) is 5.91 Å². The van der Waals surface area contributed by atoms with Crippen molar-refractivity contribution in [3.8, 4) is 0 Å². The van der Waals surface area contributed by atoms with Crippen LogP contribution in [0.3, 0.4) is 0 Å². The Morgan fingerprint density at radius 2 is 2.00 bits per heavy atom. The van der Waals surface area contributed by atoms with Gasteiger partial charge in [0.1, 0.15) is 0 Å². The van der Waals surface area contributed by atoms with Crippen LogP contribution in [0.5, 0.6) is 0 Å². The van der Waals surface area contributed by atoms with E-state index >= 15 is 0 Å². The number of pyridine rings is 2. The summed E-state index contributed by atoms with van der Waals surface area (Å²) in [5.41, 5.74) is 1.43. The Labute approximate surface area is 129 Å². The zero-order valence-corrected chi connectivity index (χ0v) is 12.8. The summed E-state index contributed by atoms with van der Waals surface area (Å²) in [6.07, 6.45) is 7.36. The first-order valence-electron chi connectivity index (χ1n) is 6.88. The van der Waals surface area contributed by atoms with E-state index in [9.17, 15) is 4.79 Å². The van der Waals surface area contributed by atoms with Crippen molar-refractivity contribution in [2.24, 2.45) is 5.92 Å². The average Bonchev–Trinajstić information content (AvgIpc) is 2.47. The lowest BCUT2D eigenvalue weighted by Crippen LogP contribution is -2.29. The van der Waals surface area contributed by atoms with Gasteiger partial charge in [-0.25, -0.2) is 0 Å². The summed E-state index contributed by atoms with van der Waals surface area (Å²) in [7, 11) is 0. The number of aromatic nitrogens is 2. The number of hydrogen-bond donors (Lipinski definition) is 1. The molecule has 2 rings (SSSR count). The molecule has 1 unspecified atom stereocenters. The molecule has 110 valence electrons. The first-order valence-corrected chi connectivity index (χ1v) is 7.26. The van der Waals surface area contributed by atoms with Gasteiger partial charge in [0.2, 0.25) is 0 Å². The van der Waals surface area contributed by atoms with Gasteiger partial charge in [0.15, 0.2) is 0 Å². The number of halogens is 1. The summed E-state index contributed by atoms with van der Waals surface area (Å²) in [5, 5.41) is 3.38. The van der Waals surface area contributed by atoms with Gasteiger partial charge in [-0.15, -0.1) is 0 Å². The molecule has 1 amide bonds. The van der Waals surface area contributed by atoms with Crippen molar-refractivity contribution in [2.45, 2.75) is 26.3 Å². The molecule has 4 nitrogen and oxygen atoms in total. The predicted molar refractivity (Wildman–Crippen MR) is 83.1 cm³/mol. The van der Waals surface area contributed by atoms with Crippen molar-refractivity contribution in [2.75, 3.05) is 0 Å². The second-order valence-electron chi connectivity index (χ2n) is 5.30. The molecule has 2 aromatic rings. The number of rotatable bonds is 5. The number of carbonyl (C=O) groups is 1. The van der Waals surface area contributed by atoms with E-state index in [0.717, 1.165) is 12.0 Å². The van der Waals surface area contributed by atoms with Crippen LogP contribution in [0.1, 0.15) is 42.2 Å². The summed E-state index contributed by atoms with van der Waals surface area (Å²) in [6, 6.07) is 5.37. The van der Waals surface area contributed by atoms with Gasteiger partial charge in [-0.2, -0.15) is 0 Å². The fourth-order valence-electron chi connectivity index (χ4n) is 2.13. The molecule has 2 aromatic heterocycles. The van der Waals surface area contributed by atoms with Crippen LogP contribution in [0.15, 0.2) is 43.0 Å². The molecule has 0 aliphatic carbocycles. The lowest BCUT2D eigenvalue weighted by molar-refractivity contribution is 0.0932. The third-order valence-corrected chi connectivity index (χ3v) is 3.42. The summed E-state index contributed by atoms with van der Waals surface area (Å²) < 4.78 is 0. The summed E-state index contributed by atoms with van der Waals surface area (Å²) in [4.78, 5) is 20.4. The van der Waals surface area contributed by atoms with Crippen LogP contribution in [0.25, 0.3) is 0 Å². The van der Waals surface area contributed by atoms with Gasteiger partial charge < -0.3 is 5.32 Å². The van der Waals surface area contributed by atoms with Crippen LogP contribution in [-0.4, -0.2) is 15.9 Å². The number of hydrogen-bond acceptors (Lipinski definition) is 3. The first-order chi connectivity index (χ1) is 10.1. The lowest BCUT2D eigenvalue weighted by Gasteiger charge is -2.21. The average molecular weight is 304 g/mol. The molecule has 0 aliphatic rings. The summed E-state index contributed by atoms with van der Waals surface area (Å²) in [6.45, 7) is 4.24. The van der Waals surface area contributed by atoms with Crippen LogP contribution in [-0.2, 0) is 0 Å². The second-order valence-corrected chi connectivity index (χ2v) is 5.70. The van der Waals surface area contributed by atoms with Crippen molar-refractivity contribution in [3.05, 3.63) is 59.1 Å². The quantitative estimate of drug-likeness (QED) is 0.917. The highest BCUT2D eigenvalue weighted by atomic mass is 35.5. The van der Waals surface area contributed by atoms with E-state index in [2.05, 4.69) is 29.1 Å². The van der Waals surface area contributed by atoms with Gasteiger partial charge in [-0.05, 0) is 30.0 Å². The maximum atomic E-state index is 12.4. The van der Waals surface area contributed by atoms with Crippen LogP contribution in [0.2, 0.25) is 5.02 Å². The first kappa shape index (κ1) is 15.4. The van der Waals surface area contributed by atoms with Crippen molar-refractivity contribution in [1.82, 2.24) is 15.3 Å². The molecule has 1 atom stereocenters. The number of nitrogens with zero attached hydrogens (tertiary/aromatic N) is 2. The number of nitrogens with one attached hydrogen (secondary N) is 1. The van der Waals surface area contributed by atoms with E-state index in [-0.39, 0.29) is 11.9 Å². The Kier molecular flexibility index (Phi) is 5.28. The predicted octanol–water partition coefficient (Wildman–Crippen LogP) is 3.65. The molecule has 2 heterocycles. The third-order valence-electron chi connectivity index (χ3n) is 3.12. The zero-order valence-electron chi connectivity index (χ0n) is 12.1. The highest BCUT2D eigenvalue weighted by Gasteiger charge is 2.18. The molecule has 21 heavy (non-hydrogen) atoms. The normalized spacial score (nSPS) is 12.2. The van der Waals surface area contributed by atoms with Crippen LogP contribution >= 0.6 is 11.6 Å². The van der Waals surface area contributed by atoms with Crippen molar-refractivity contribution >= 4 is 17.5 Å². The maximum Gasteiger partial charge on any atom is 0.253 e. The molecular formula is C16H18ClN3O. The van der Waals surface area contributed by atoms with Gasteiger partial charge in [0.05, 0.1) is 16.6 Å². The molecular weight excluding hydrogens is 286 g/mol. The Bertz CT molecular complexity index is 601. The molecule has 0 saturated heterocycles. The van der Waals surface area contributed by atoms with Crippen molar-refractivity contribution < 1.29 is 4.79 Å². The van der Waals surface area contributed by atoms with Crippen molar-refractivity contribution in [3.63, 3.8) is 0 Å². The van der Waals surface area contributed by atoms with E-state index < -0.39 is 0 Å². The van der Waals surface area contributed by atoms with E-state index in [4.69, 9.17) is 11.6 Å². The highest BCUT2D eigenvalue weighted by molar-refractivity contribution is 6.33. The zero-order chi connectivity index (χ0) is 15.2. The van der Waals surface area contributed by atoms with E-state index in [1.54, 1.807) is 24.7 Å². The molecule has 0 radical (unpaired) electrons. The maximum absolute atomic E-state index is 12.4. The monoisotopic (exact) mass is 303 g/mol. The highest BCUT2D eigenvalue weighted by Crippen LogP contribution is 2.22. The number of carbonyl (C=O) groups excluding carboxylic acids is 1. The SMILES string of the molecule is CC(C)CC(NC(=O)c1ccncc1Cl)c1cccnc1. The summed E-state index contributed by atoms with van der Waals surface area (Å²) >= 11 is 6.02. The van der Waals surface area contributed by atoms with Gasteiger partial charge in [0, 0.05) is 24.8 Å². The fraction of sp³-hybridized carbons (Fsp3) is 0.312. The van der Waals surface area contributed by atoms with Gasteiger partial charge in [-0.3, -0.25) is 14.8 Å². The van der Waals surface area contributed by atoms with Crippen molar-refractivity contribution in [1.29, 1.82) is 0 Å². The standard InChI is InChI=1S/C16H18ClN3O/c1-11(2)8-15(12-4-3-6-18-9-12)20-16(21)13-5-7-19-10-14(13)17/h3-7,9-11,15H,8H2,1-2H3,(H,20,21). The molecule has 0 aromatic carbocycles. The summed E-state index contributed by atoms with van der Waals surface area (Å²) in [5.74, 6) is 0.250. The fourth-order valence-corrected chi connectivity index (χ4v) is 2.33. The Balaban J connectivity index is 2.19. The minimum Gasteiger partial charge on any atom is -0.345 e. The lowest BCUT2D eigenvalue weighted by atomic mass is 9.98. The van der Waals surface area contributed by atoms with Gasteiger partial charge >= 0.3 is 0 Å². The topological polar surface area (TPSA) is 54.9 Å². The minimum atomic E-state index is -0.197. The molecule has 0 saturated carbocycles. The Hall–Kier alpha value is -1.94. The van der Waals surface area contributed by atoms with Crippen LogP contribution in [0, 0.1) is 5.92 Å².